The third kappa shape index (κ3) is 3.81. The minimum Gasteiger partial charge on any atom is -0.467 e. The van der Waals surface area contributed by atoms with E-state index in [1.165, 1.54) is 6.07 Å². The van der Waals surface area contributed by atoms with Crippen LogP contribution in [0.5, 0.6) is 0 Å². The molecular weight excluding hydrogens is 425 g/mol. The van der Waals surface area contributed by atoms with Gasteiger partial charge in [-0.2, -0.15) is 18.2 Å². The molecule has 1 aliphatic heterocycles. The summed E-state index contributed by atoms with van der Waals surface area (Å²) in [6, 6.07) is 15.2. The van der Waals surface area contributed by atoms with E-state index in [0.717, 1.165) is 34.4 Å². The van der Waals surface area contributed by atoms with Crippen LogP contribution in [0.25, 0.3) is 11.0 Å². The quantitative estimate of drug-likeness (QED) is 0.377. The SMILES string of the molecule is Cc1cccc(N2CS/C2=N\c2nc3cc(C(F)(F)F)ccc3n2Cc2ccco2)c1. The van der Waals surface area contributed by atoms with Crippen LogP contribution in [-0.4, -0.2) is 20.6 Å². The number of amidine groups is 1. The van der Waals surface area contributed by atoms with Gasteiger partial charge in [0.2, 0.25) is 5.95 Å². The summed E-state index contributed by atoms with van der Waals surface area (Å²) in [7, 11) is 0. The van der Waals surface area contributed by atoms with Crippen molar-refractivity contribution in [3.05, 3.63) is 77.7 Å². The molecular formula is C22H17F3N4OS. The number of benzene rings is 2. The molecule has 0 saturated carbocycles. The van der Waals surface area contributed by atoms with Crippen LogP contribution < -0.4 is 4.90 Å². The highest BCUT2D eigenvalue weighted by molar-refractivity contribution is 8.16. The first-order chi connectivity index (χ1) is 14.9. The smallest absolute Gasteiger partial charge is 0.416 e. The van der Waals surface area contributed by atoms with Gasteiger partial charge in [0.1, 0.15) is 5.76 Å². The Morgan fingerprint density at radius 3 is 2.68 bits per heavy atom. The second-order valence-corrected chi connectivity index (χ2v) is 8.13. The number of imidazole rings is 1. The number of aryl methyl sites for hydroxylation is 1. The van der Waals surface area contributed by atoms with Crippen molar-refractivity contribution in [2.45, 2.75) is 19.6 Å². The molecule has 158 valence electrons. The van der Waals surface area contributed by atoms with Crippen LogP contribution in [0.4, 0.5) is 24.8 Å². The van der Waals surface area contributed by atoms with Crippen molar-refractivity contribution in [1.82, 2.24) is 9.55 Å². The number of thioether (sulfide) groups is 1. The van der Waals surface area contributed by atoms with Crippen molar-refractivity contribution >= 4 is 39.6 Å². The zero-order chi connectivity index (χ0) is 21.6. The van der Waals surface area contributed by atoms with Crippen LogP contribution in [0.2, 0.25) is 0 Å². The van der Waals surface area contributed by atoms with Crippen LogP contribution in [0, 0.1) is 6.92 Å². The van der Waals surface area contributed by atoms with Gasteiger partial charge in [-0.3, -0.25) is 0 Å². The minimum atomic E-state index is -4.43. The van der Waals surface area contributed by atoms with E-state index >= 15 is 0 Å². The Bertz CT molecular complexity index is 1280. The summed E-state index contributed by atoms with van der Waals surface area (Å²) < 4.78 is 46.8. The van der Waals surface area contributed by atoms with E-state index in [4.69, 9.17) is 9.41 Å². The molecule has 0 aliphatic carbocycles. The first-order valence-corrected chi connectivity index (χ1v) is 10.5. The van der Waals surface area contributed by atoms with Gasteiger partial charge in [0.05, 0.1) is 35.3 Å². The van der Waals surface area contributed by atoms with Crippen molar-refractivity contribution in [3.63, 3.8) is 0 Å². The largest absolute Gasteiger partial charge is 0.467 e. The highest BCUT2D eigenvalue weighted by atomic mass is 32.2. The molecule has 4 aromatic rings. The molecule has 0 spiro atoms. The molecule has 0 atom stereocenters. The maximum absolute atomic E-state index is 13.2. The second kappa shape index (κ2) is 7.49. The lowest BCUT2D eigenvalue weighted by molar-refractivity contribution is -0.137. The highest BCUT2D eigenvalue weighted by Gasteiger charge is 2.31. The van der Waals surface area contributed by atoms with Gasteiger partial charge in [0, 0.05) is 5.69 Å². The predicted octanol–water partition coefficient (Wildman–Crippen LogP) is 6.20. The molecule has 5 nitrogen and oxygen atoms in total. The van der Waals surface area contributed by atoms with Crippen LogP contribution in [-0.2, 0) is 12.7 Å². The van der Waals surface area contributed by atoms with Gasteiger partial charge in [0.25, 0.3) is 0 Å². The summed E-state index contributed by atoms with van der Waals surface area (Å²) >= 11 is 1.56. The number of alkyl halides is 3. The highest BCUT2D eigenvalue weighted by Crippen LogP contribution is 2.35. The van der Waals surface area contributed by atoms with E-state index in [1.807, 2.05) is 31.2 Å². The predicted molar refractivity (Wildman–Crippen MR) is 116 cm³/mol. The lowest BCUT2D eigenvalue weighted by atomic mass is 10.2. The minimum absolute atomic E-state index is 0.243. The molecule has 1 aliphatic rings. The Labute approximate surface area is 180 Å². The number of halogens is 3. The standard InChI is InChI=1S/C22H17F3N4OS/c1-14-4-2-5-16(10-14)29-13-31-21(29)27-20-26-18-11-15(22(23,24)25)7-8-19(18)28(20)12-17-6-3-9-30-17/h2-11H,12-13H2,1H3/b27-21-. The lowest BCUT2D eigenvalue weighted by Crippen LogP contribution is -2.38. The van der Waals surface area contributed by atoms with Crippen LogP contribution in [0.3, 0.4) is 0 Å². The molecule has 5 rings (SSSR count). The van der Waals surface area contributed by atoms with E-state index in [2.05, 4.69) is 16.0 Å². The second-order valence-electron chi connectivity index (χ2n) is 7.21. The molecule has 3 heterocycles. The number of hydrogen-bond donors (Lipinski definition) is 0. The third-order valence-electron chi connectivity index (χ3n) is 5.01. The van der Waals surface area contributed by atoms with Gasteiger partial charge < -0.3 is 13.9 Å². The van der Waals surface area contributed by atoms with Gasteiger partial charge in [-0.1, -0.05) is 23.9 Å². The maximum atomic E-state index is 13.2. The summed E-state index contributed by atoms with van der Waals surface area (Å²) in [6.07, 6.45) is -2.88. The van der Waals surface area contributed by atoms with Gasteiger partial charge in [-0.05, 0) is 55.0 Å². The van der Waals surface area contributed by atoms with E-state index in [-0.39, 0.29) is 5.52 Å². The number of rotatable bonds is 4. The molecule has 1 saturated heterocycles. The summed E-state index contributed by atoms with van der Waals surface area (Å²) in [6.45, 7) is 2.34. The molecule has 9 heteroatoms. The molecule has 1 fully saturated rings. The van der Waals surface area contributed by atoms with Crippen molar-refractivity contribution in [3.8, 4) is 0 Å². The fourth-order valence-corrected chi connectivity index (χ4v) is 4.21. The zero-order valence-corrected chi connectivity index (χ0v) is 17.2. The number of fused-ring (bicyclic) bond motifs is 1. The summed E-state index contributed by atoms with van der Waals surface area (Å²) in [5.74, 6) is 1.75. The van der Waals surface area contributed by atoms with Crippen LogP contribution >= 0.6 is 11.8 Å². The molecule has 0 N–H and O–H groups in total. The van der Waals surface area contributed by atoms with Crippen molar-refractivity contribution in [2.24, 2.45) is 4.99 Å². The molecule has 31 heavy (non-hydrogen) atoms. The molecule has 2 aromatic carbocycles. The molecule has 2 aromatic heterocycles. The topological polar surface area (TPSA) is 46.6 Å². The third-order valence-corrected chi connectivity index (χ3v) is 5.97. The first kappa shape index (κ1) is 19.7. The molecule has 0 radical (unpaired) electrons. The van der Waals surface area contributed by atoms with Crippen molar-refractivity contribution < 1.29 is 17.6 Å². The number of anilines is 1. The fraction of sp³-hybridized carbons (Fsp3) is 0.182. The Morgan fingerprint density at radius 1 is 1.13 bits per heavy atom. The zero-order valence-electron chi connectivity index (χ0n) is 16.4. The van der Waals surface area contributed by atoms with E-state index in [0.29, 0.717) is 23.8 Å². The first-order valence-electron chi connectivity index (χ1n) is 9.54. The van der Waals surface area contributed by atoms with Gasteiger partial charge in [-0.15, -0.1) is 0 Å². The van der Waals surface area contributed by atoms with E-state index in [9.17, 15) is 13.2 Å². The van der Waals surface area contributed by atoms with Crippen LogP contribution in [0.15, 0.2) is 70.3 Å². The number of nitrogens with zero attached hydrogens (tertiary/aromatic N) is 4. The van der Waals surface area contributed by atoms with E-state index < -0.39 is 11.7 Å². The number of aromatic nitrogens is 2. The Balaban J connectivity index is 1.58. The summed E-state index contributed by atoms with van der Waals surface area (Å²) in [5.41, 5.74) is 2.23. The van der Waals surface area contributed by atoms with Gasteiger partial charge in [0.15, 0.2) is 5.17 Å². The Kier molecular flexibility index (Phi) is 4.77. The Hall–Kier alpha value is -3.20. The number of aliphatic imine (C=N–C) groups is 1. The number of furan rings is 1. The van der Waals surface area contributed by atoms with Crippen molar-refractivity contribution in [2.75, 3.05) is 10.8 Å². The van der Waals surface area contributed by atoms with Gasteiger partial charge in [-0.25, -0.2) is 4.98 Å². The van der Waals surface area contributed by atoms with E-state index in [1.54, 1.807) is 28.7 Å². The monoisotopic (exact) mass is 442 g/mol. The van der Waals surface area contributed by atoms with Crippen LogP contribution in [0.1, 0.15) is 16.9 Å². The lowest BCUT2D eigenvalue weighted by Gasteiger charge is -2.33. The summed E-state index contributed by atoms with van der Waals surface area (Å²) in [5, 5.41) is 0.748. The van der Waals surface area contributed by atoms with Gasteiger partial charge >= 0.3 is 6.18 Å². The molecule has 0 unspecified atom stereocenters. The molecule has 0 amide bonds. The van der Waals surface area contributed by atoms with Crippen molar-refractivity contribution in [1.29, 1.82) is 0 Å². The molecule has 0 bridgehead atoms. The average Bonchev–Trinajstić information content (AvgIpc) is 3.33. The Morgan fingerprint density at radius 2 is 2.00 bits per heavy atom. The number of hydrogen-bond acceptors (Lipinski definition) is 4. The maximum Gasteiger partial charge on any atom is 0.416 e. The summed E-state index contributed by atoms with van der Waals surface area (Å²) in [4.78, 5) is 11.2. The average molecular weight is 442 g/mol. The normalized spacial score (nSPS) is 15.6. The fourth-order valence-electron chi connectivity index (χ4n) is 3.44.